The highest BCUT2D eigenvalue weighted by atomic mass is 16.6. The molecule has 2 aliphatic rings. The van der Waals surface area contributed by atoms with Crippen LogP contribution in [-0.4, -0.2) is 103 Å². The number of benzene rings is 2. The number of amides is 3. The van der Waals surface area contributed by atoms with Crippen molar-refractivity contribution in [1.82, 2.24) is 19.6 Å². The third-order valence-corrected chi connectivity index (χ3v) is 8.70. The van der Waals surface area contributed by atoms with Gasteiger partial charge in [-0.1, -0.05) is 48.5 Å². The number of ether oxygens (including phenoxy) is 1. The molecule has 3 heterocycles. The van der Waals surface area contributed by atoms with E-state index in [-0.39, 0.29) is 17.9 Å². The van der Waals surface area contributed by atoms with Crippen LogP contribution in [0.25, 0.3) is 11.1 Å². The van der Waals surface area contributed by atoms with Gasteiger partial charge in [-0.2, -0.15) is 0 Å². The van der Waals surface area contributed by atoms with Crippen LogP contribution in [0.3, 0.4) is 0 Å². The van der Waals surface area contributed by atoms with Gasteiger partial charge in [0.2, 0.25) is 5.91 Å². The van der Waals surface area contributed by atoms with Crippen molar-refractivity contribution in [3.8, 4) is 11.1 Å². The minimum Gasteiger partial charge on any atom is -0.455 e. The van der Waals surface area contributed by atoms with Crippen LogP contribution in [0.2, 0.25) is 0 Å². The number of para-hydroxylation sites is 1. The summed E-state index contributed by atoms with van der Waals surface area (Å²) in [5, 5.41) is 2.93. The van der Waals surface area contributed by atoms with Crippen molar-refractivity contribution in [2.75, 3.05) is 64.2 Å². The monoisotopic (exact) mass is 615 g/mol. The summed E-state index contributed by atoms with van der Waals surface area (Å²) in [7, 11) is 0. The predicted octanol–water partition coefficient (Wildman–Crippen LogP) is 5.18. The smallest absolute Gasteiger partial charge is 0.411 e. The molecule has 10 heteroatoms. The largest absolute Gasteiger partial charge is 0.455 e. The second-order valence-electron chi connectivity index (χ2n) is 11.8. The summed E-state index contributed by atoms with van der Waals surface area (Å²) in [6.45, 7) is 10.9. The van der Waals surface area contributed by atoms with Gasteiger partial charge in [0.25, 0.3) is 5.91 Å². The Kier molecular flexibility index (Phi) is 11.3. The molecule has 0 radical (unpaired) electrons. The molecular weight excluding hydrogens is 570 g/mol. The minimum absolute atomic E-state index is 0.104. The number of rotatable bonds is 10. The quantitative estimate of drug-likeness (QED) is 0.336. The minimum atomic E-state index is -0.439. The van der Waals surface area contributed by atoms with Crippen LogP contribution in [0.15, 0.2) is 71.1 Å². The van der Waals surface area contributed by atoms with Crippen LogP contribution in [0.4, 0.5) is 10.5 Å². The normalized spacial score (nSPS) is 16.6. The molecule has 0 spiro atoms. The third-order valence-electron chi connectivity index (χ3n) is 8.70. The molecule has 0 atom stereocenters. The number of hydrogen-bond donors (Lipinski definition) is 1. The van der Waals surface area contributed by atoms with Gasteiger partial charge in [0.1, 0.15) is 11.9 Å². The van der Waals surface area contributed by atoms with Crippen LogP contribution in [0.5, 0.6) is 0 Å². The zero-order valence-electron chi connectivity index (χ0n) is 26.5. The van der Waals surface area contributed by atoms with Crippen LogP contribution in [0.1, 0.15) is 49.4 Å². The molecule has 3 aromatic rings. The lowest BCUT2D eigenvalue weighted by Crippen LogP contribution is -2.43. The average molecular weight is 616 g/mol. The van der Waals surface area contributed by atoms with E-state index in [1.807, 2.05) is 77.4 Å². The fourth-order valence-corrected chi connectivity index (χ4v) is 6.07. The van der Waals surface area contributed by atoms with E-state index in [2.05, 4.69) is 15.1 Å². The molecule has 45 heavy (non-hydrogen) atoms. The van der Waals surface area contributed by atoms with Crippen molar-refractivity contribution in [3.05, 3.63) is 78.3 Å². The number of carbonyl (C=O) groups is 3. The summed E-state index contributed by atoms with van der Waals surface area (Å²) < 4.78 is 11.8. The second-order valence-corrected chi connectivity index (χ2v) is 11.8. The average Bonchev–Trinajstić information content (AvgIpc) is 3.39. The Labute approximate surface area is 265 Å². The van der Waals surface area contributed by atoms with Crippen LogP contribution in [-0.2, 0) is 16.1 Å². The topological polar surface area (TPSA) is 98.6 Å². The summed E-state index contributed by atoms with van der Waals surface area (Å²) in [4.78, 5) is 46.0. The molecule has 2 aliphatic heterocycles. The number of likely N-dealkylation sites (N-methyl/N-ethyl adjacent to an activating group) is 1. The zero-order valence-corrected chi connectivity index (χ0v) is 26.5. The van der Waals surface area contributed by atoms with Crippen molar-refractivity contribution >= 4 is 23.6 Å². The van der Waals surface area contributed by atoms with Gasteiger partial charge in [-0.05, 0) is 49.9 Å². The van der Waals surface area contributed by atoms with Gasteiger partial charge in [0, 0.05) is 71.4 Å². The molecule has 1 aromatic heterocycles. The van der Waals surface area contributed by atoms with E-state index in [4.69, 9.17) is 9.15 Å². The first kappa shape index (κ1) is 32.2. The lowest BCUT2D eigenvalue weighted by molar-refractivity contribution is -0.128. The molecule has 0 bridgehead atoms. The van der Waals surface area contributed by atoms with Crippen molar-refractivity contribution in [3.63, 3.8) is 0 Å². The number of nitrogens with zero attached hydrogens (tertiary/aromatic N) is 4. The fourth-order valence-electron chi connectivity index (χ4n) is 6.07. The molecule has 10 nitrogen and oxygen atoms in total. The van der Waals surface area contributed by atoms with E-state index >= 15 is 0 Å². The van der Waals surface area contributed by atoms with E-state index in [0.29, 0.717) is 31.9 Å². The van der Waals surface area contributed by atoms with Crippen LogP contribution >= 0.6 is 0 Å². The van der Waals surface area contributed by atoms with E-state index in [9.17, 15) is 14.4 Å². The van der Waals surface area contributed by atoms with Gasteiger partial charge in [0.05, 0.1) is 12.2 Å². The maximum atomic E-state index is 13.3. The molecule has 240 valence electrons. The number of piperidine rings is 1. The van der Waals surface area contributed by atoms with Crippen molar-refractivity contribution in [2.45, 2.75) is 45.8 Å². The molecule has 5 rings (SSSR count). The number of anilines is 1. The zero-order chi connectivity index (χ0) is 31.6. The number of furan rings is 1. The van der Waals surface area contributed by atoms with E-state index in [0.717, 1.165) is 81.1 Å². The van der Waals surface area contributed by atoms with Crippen molar-refractivity contribution in [2.24, 2.45) is 0 Å². The van der Waals surface area contributed by atoms with Crippen LogP contribution in [0, 0.1) is 0 Å². The maximum Gasteiger partial charge on any atom is 0.411 e. The summed E-state index contributed by atoms with van der Waals surface area (Å²) >= 11 is 0. The molecule has 2 aromatic carbocycles. The van der Waals surface area contributed by atoms with Gasteiger partial charge >= 0.3 is 6.09 Å². The van der Waals surface area contributed by atoms with Crippen LogP contribution < -0.4 is 5.32 Å². The first-order valence-electron chi connectivity index (χ1n) is 16.1. The Balaban J connectivity index is 1.04. The van der Waals surface area contributed by atoms with E-state index in [1.165, 1.54) is 0 Å². The Morgan fingerprint density at radius 2 is 1.64 bits per heavy atom. The fraction of sp³-hybridized carbons (Fsp3) is 0.457. The van der Waals surface area contributed by atoms with Crippen molar-refractivity contribution < 1.29 is 23.5 Å². The van der Waals surface area contributed by atoms with Gasteiger partial charge in [-0.3, -0.25) is 19.8 Å². The third kappa shape index (κ3) is 8.95. The van der Waals surface area contributed by atoms with Gasteiger partial charge in [0.15, 0.2) is 5.76 Å². The van der Waals surface area contributed by atoms with E-state index in [1.54, 1.807) is 13.0 Å². The first-order chi connectivity index (χ1) is 21.9. The molecule has 3 amide bonds. The highest BCUT2D eigenvalue weighted by Crippen LogP contribution is 2.28. The Bertz CT molecular complexity index is 1420. The predicted molar refractivity (Wildman–Crippen MR) is 174 cm³/mol. The number of likely N-dealkylation sites (tertiary alicyclic amines) is 1. The highest BCUT2D eigenvalue weighted by Gasteiger charge is 2.25. The second kappa shape index (κ2) is 15.7. The van der Waals surface area contributed by atoms with E-state index < -0.39 is 6.09 Å². The lowest BCUT2D eigenvalue weighted by Gasteiger charge is -2.33. The maximum absolute atomic E-state index is 13.3. The van der Waals surface area contributed by atoms with Crippen molar-refractivity contribution in [1.29, 1.82) is 0 Å². The Morgan fingerprint density at radius 3 is 2.40 bits per heavy atom. The first-order valence-corrected chi connectivity index (χ1v) is 16.1. The summed E-state index contributed by atoms with van der Waals surface area (Å²) in [5.41, 5.74) is 2.71. The number of carbonyl (C=O) groups excluding carboxylic acids is 3. The summed E-state index contributed by atoms with van der Waals surface area (Å²) in [6, 6.07) is 21.3. The summed E-state index contributed by atoms with van der Waals surface area (Å²) in [5.74, 6) is 1.14. The Hall–Kier alpha value is -4.15. The molecule has 0 aliphatic carbocycles. The number of nitrogens with one attached hydrogen (secondary N) is 1. The molecule has 2 fully saturated rings. The molecule has 0 saturated carbocycles. The van der Waals surface area contributed by atoms with Gasteiger partial charge in [-0.25, -0.2) is 4.79 Å². The van der Waals surface area contributed by atoms with Gasteiger partial charge in [-0.15, -0.1) is 0 Å². The molecular formula is C35H45N5O5. The molecule has 1 N–H and O–H groups in total. The SMILES string of the molecule is CCN(CCN1CCC(OC(=O)Nc2ccccc2-c2ccccc2)CC1)C(=O)c1ccc(CN2CCCN(C(C)=O)CC2)o1. The summed E-state index contributed by atoms with van der Waals surface area (Å²) in [6.07, 6.45) is 1.83. The number of hydrogen-bond acceptors (Lipinski definition) is 7. The molecule has 2 saturated heterocycles. The lowest BCUT2D eigenvalue weighted by atomic mass is 10.0. The highest BCUT2D eigenvalue weighted by molar-refractivity contribution is 5.92. The molecule has 0 unspecified atom stereocenters. The van der Waals surface area contributed by atoms with Gasteiger partial charge < -0.3 is 23.9 Å². The standard InChI is InChI=1S/C35H45N5O5/c1-3-39(34(42)33-15-14-30(44-33)26-38-18-9-19-40(25-23-38)27(2)41)24-22-37-20-16-29(17-21-37)45-35(43)36-32-13-8-7-12-31(32)28-10-5-4-6-11-28/h4-8,10-15,29H,3,9,16-26H2,1-2H3,(H,36,43). The Morgan fingerprint density at radius 1 is 0.889 bits per heavy atom.